The highest BCUT2D eigenvalue weighted by Crippen LogP contribution is 2.30. The Morgan fingerprint density at radius 3 is 2.92 bits per heavy atom. The third-order valence-corrected chi connectivity index (χ3v) is 2.35. The van der Waals surface area contributed by atoms with Crippen molar-refractivity contribution in [2.24, 2.45) is 0 Å². The zero-order valence-corrected chi connectivity index (χ0v) is 6.86. The van der Waals surface area contributed by atoms with E-state index in [1.54, 1.807) is 6.20 Å². The summed E-state index contributed by atoms with van der Waals surface area (Å²) in [5.41, 5.74) is 1.07. The number of ketones is 1. The van der Waals surface area contributed by atoms with Crippen molar-refractivity contribution in [1.29, 1.82) is 0 Å². The van der Waals surface area contributed by atoms with Crippen LogP contribution in [0.4, 0.5) is 0 Å². The smallest absolute Gasteiger partial charge is 0.133 e. The molecule has 1 aliphatic carbocycles. The molecular weight excluding hydrogens is 150 g/mol. The molecule has 2 heteroatoms. The molecule has 0 aliphatic heterocycles. The summed E-state index contributed by atoms with van der Waals surface area (Å²) in [4.78, 5) is 15.2. The highest BCUT2D eigenvalue weighted by Gasteiger charge is 2.23. The SMILES string of the molecule is O=C1CC[C@@H](c2ccccn2)C1. The summed E-state index contributed by atoms with van der Waals surface area (Å²) in [6.45, 7) is 0. The van der Waals surface area contributed by atoms with E-state index in [-0.39, 0.29) is 0 Å². The lowest BCUT2D eigenvalue weighted by atomic mass is 10.0. The first-order valence-corrected chi connectivity index (χ1v) is 4.29. The number of Topliss-reactive ketones (excluding diaryl/α,β-unsaturated/α-hetero) is 1. The first-order valence-electron chi connectivity index (χ1n) is 4.29. The molecule has 0 spiro atoms. The molecule has 1 heterocycles. The fourth-order valence-electron chi connectivity index (χ4n) is 1.68. The summed E-state index contributed by atoms with van der Waals surface area (Å²) in [6.07, 6.45) is 4.20. The minimum absolute atomic E-state index is 0.380. The molecule has 62 valence electrons. The lowest BCUT2D eigenvalue weighted by molar-refractivity contribution is -0.117. The van der Waals surface area contributed by atoms with Crippen molar-refractivity contribution >= 4 is 5.78 Å². The number of rotatable bonds is 1. The lowest BCUT2D eigenvalue weighted by Crippen LogP contribution is -1.96. The van der Waals surface area contributed by atoms with Crippen LogP contribution in [-0.2, 0) is 4.79 Å². The molecule has 0 radical (unpaired) electrons. The topological polar surface area (TPSA) is 30.0 Å². The predicted octanol–water partition coefficient (Wildman–Crippen LogP) is 1.92. The number of carbonyl (C=O) groups is 1. The Bertz CT molecular complexity index is 281. The molecule has 0 saturated heterocycles. The maximum Gasteiger partial charge on any atom is 0.133 e. The Labute approximate surface area is 71.6 Å². The summed E-state index contributed by atoms with van der Waals surface area (Å²) in [5, 5.41) is 0. The standard InChI is InChI=1S/C10H11NO/c12-9-5-4-8(7-9)10-3-1-2-6-11-10/h1-3,6,8H,4-5,7H2/t8-/m1/s1. The van der Waals surface area contributed by atoms with Crippen LogP contribution in [0.3, 0.4) is 0 Å². The van der Waals surface area contributed by atoms with E-state index in [0.717, 1.165) is 18.5 Å². The largest absolute Gasteiger partial charge is 0.300 e. The van der Waals surface area contributed by atoms with Crippen LogP contribution in [0.25, 0.3) is 0 Å². The first-order chi connectivity index (χ1) is 5.86. The van der Waals surface area contributed by atoms with Crippen molar-refractivity contribution in [3.8, 4) is 0 Å². The van der Waals surface area contributed by atoms with E-state index in [4.69, 9.17) is 0 Å². The van der Waals surface area contributed by atoms with Crippen LogP contribution in [0.15, 0.2) is 24.4 Å². The molecule has 0 amide bonds. The Kier molecular flexibility index (Phi) is 1.90. The van der Waals surface area contributed by atoms with Crippen LogP contribution < -0.4 is 0 Å². The molecule has 0 N–H and O–H groups in total. The fourth-order valence-corrected chi connectivity index (χ4v) is 1.68. The normalized spacial score (nSPS) is 23.0. The molecule has 0 unspecified atom stereocenters. The van der Waals surface area contributed by atoms with Crippen molar-refractivity contribution in [2.75, 3.05) is 0 Å². The molecule has 2 nitrogen and oxygen atoms in total. The second-order valence-electron chi connectivity index (χ2n) is 3.23. The van der Waals surface area contributed by atoms with Gasteiger partial charge in [0.1, 0.15) is 5.78 Å². The Hall–Kier alpha value is -1.18. The van der Waals surface area contributed by atoms with Crippen molar-refractivity contribution in [3.05, 3.63) is 30.1 Å². The van der Waals surface area contributed by atoms with E-state index in [2.05, 4.69) is 4.98 Å². The predicted molar refractivity (Wildman–Crippen MR) is 45.8 cm³/mol. The second kappa shape index (κ2) is 3.05. The third kappa shape index (κ3) is 1.37. The minimum atomic E-state index is 0.380. The quantitative estimate of drug-likeness (QED) is 0.629. The van der Waals surface area contributed by atoms with Gasteiger partial charge in [-0.2, -0.15) is 0 Å². The van der Waals surface area contributed by atoms with E-state index in [1.165, 1.54) is 0 Å². The lowest BCUT2D eigenvalue weighted by Gasteiger charge is -2.05. The number of aromatic nitrogens is 1. The zero-order valence-electron chi connectivity index (χ0n) is 6.86. The van der Waals surface area contributed by atoms with Crippen LogP contribution in [-0.4, -0.2) is 10.8 Å². The molecule has 12 heavy (non-hydrogen) atoms. The maximum absolute atomic E-state index is 11.0. The van der Waals surface area contributed by atoms with Crippen molar-refractivity contribution < 1.29 is 4.79 Å². The van der Waals surface area contributed by atoms with E-state index in [9.17, 15) is 4.79 Å². The van der Waals surface area contributed by atoms with Crippen LogP contribution in [0.2, 0.25) is 0 Å². The van der Waals surface area contributed by atoms with Gasteiger partial charge in [-0.1, -0.05) is 6.07 Å². The van der Waals surface area contributed by atoms with Gasteiger partial charge in [0, 0.05) is 30.7 Å². The first kappa shape index (κ1) is 7.47. The molecule has 1 atom stereocenters. The van der Waals surface area contributed by atoms with Gasteiger partial charge in [-0.25, -0.2) is 0 Å². The summed E-state index contributed by atoms with van der Waals surface area (Å²) < 4.78 is 0. The molecule has 0 bridgehead atoms. The van der Waals surface area contributed by atoms with Crippen molar-refractivity contribution in [1.82, 2.24) is 4.98 Å². The van der Waals surface area contributed by atoms with Gasteiger partial charge in [0.25, 0.3) is 0 Å². The van der Waals surface area contributed by atoms with Gasteiger partial charge in [0.2, 0.25) is 0 Å². The van der Waals surface area contributed by atoms with Crippen molar-refractivity contribution in [3.63, 3.8) is 0 Å². The van der Waals surface area contributed by atoms with Gasteiger partial charge in [-0.3, -0.25) is 9.78 Å². The van der Waals surface area contributed by atoms with Gasteiger partial charge in [-0.05, 0) is 18.6 Å². The van der Waals surface area contributed by atoms with E-state index >= 15 is 0 Å². The Morgan fingerprint density at radius 1 is 1.42 bits per heavy atom. The van der Waals surface area contributed by atoms with E-state index in [0.29, 0.717) is 18.1 Å². The molecule has 1 aromatic rings. The highest BCUT2D eigenvalue weighted by atomic mass is 16.1. The summed E-state index contributed by atoms with van der Waals surface area (Å²) in [6, 6.07) is 5.88. The van der Waals surface area contributed by atoms with Crippen LogP contribution in [0.1, 0.15) is 30.9 Å². The number of hydrogen-bond acceptors (Lipinski definition) is 2. The van der Waals surface area contributed by atoms with Gasteiger partial charge in [0.15, 0.2) is 0 Å². The number of carbonyl (C=O) groups excluding carboxylic acids is 1. The zero-order chi connectivity index (χ0) is 8.39. The summed E-state index contributed by atoms with van der Waals surface area (Å²) >= 11 is 0. The second-order valence-corrected chi connectivity index (χ2v) is 3.23. The molecular formula is C10H11NO. The van der Waals surface area contributed by atoms with E-state index in [1.807, 2.05) is 18.2 Å². The van der Waals surface area contributed by atoms with E-state index < -0.39 is 0 Å². The van der Waals surface area contributed by atoms with Crippen LogP contribution in [0.5, 0.6) is 0 Å². The van der Waals surface area contributed by atoms with Gasteiger partial charge < -0.3 is 0 Å². The summed E-state index contributed by atoms with van der Waals surface area (Å²) in [7, 11) is 0. The van der Waals surface area contributed by atoms with Gasteiger partial charge in [-0.15, -0.1) is 0 Å². The average Bonchev–Trinajstić information content (AvgIpc) is 2.54. The molecule has 0 aromatic carbocycles. The third-order valence-electron chi connectivity index (χ3n) is 2.35. The number of nitrogens with zero attached hydrogens (tertiary/aromatic N) is 1. The number of pyridine rings is 1. The highest BCUT2D eigenvalue weighted by molar-refractivity contribution is 5.81. The molecule has 2 rings (SSSR count). The van der Waals surface area contributed by atoms with Crippen molar-refractivity contribution in [2.45, 2.75) is 25.2 Å². The molecule has 1 aliphatic rings. The maximum atomic E-state index is 11.0. The molecule has 1 saturated carbocycles. The fraction of sp³-hybridized carbons (Fsp3) is 0.400. The Balaban J connectivity index is 2.16. The summed E-state index contributed by atoms with van der Waals surface area (Å²) in [5.74, 6) is 0.768. The van der Waals surface area contributed by atoms with Gasteiger partial charge in [0.05, 0.1) is 0 Å². The monoisotopic (exact) mass is 161 g/mol. The van der Waals surface area contributed by atoms with Crippen LogP contribution >= 0.6 is 0 Å². The average molecular weight is 161 g/mol. The number of hydrogen-bond donors (Lipinski definition) is 0. The molecule has 1 fully saturated rings. The van der Waals surface area contributed by atoms with Crippen LogP contribution in [0, 0.1) is 0 Å². The minimum Gasteiger partial charge on any atom is -0.300 e. The molecule has 1 aromatic heterocycles. The Morgan fingerprint density at radius 2 is 2.33 bits per heavy atom. The van der Waals surface area contributed by atoms with Gasteiger partial charge >= 0.3 is 0 Å².